The lowest BCUT2D eigenvalue weighted by Gasteiger charge is -2.14. The van der Waals surface area contributed by atoms with Crippen LogP contribution in [0.3, 0.4) is 0 Å². The summed E-state index contributed by atoms with van der Waals surface area (Å²) >= 11 is 5.51. The van der Waals surface area contributed by atoms with Crippen molar-refractivity contribution in [2.45, 2.75) is 19.8 Å². The molecule has 1 rings (SSSR count). The Morgan fingerprint density at radius 1 is 1.57 bits per heavy atom. The van der Waals surface area contributed by atoms with Crippen molar-refractivity contribution in [2.24, 2.45) is 11.8 Å². The molecule has 0 radical (unpaired) electrons. The van der Waals surface area contributed by atoms with Gasteiger partial charge in [0.1, 0.15) is 0 Å². The molecular formula is C10H19ClN2O. The fraction of sp³-hybridized carbons (Fsp3) is 0.900. The first-order chi connectivity index (χ1) is 6.74. The topological polar surface area (TPSA) is 41.1 Å². The van der Waals surface area contributed by atoms with Gasteiger partial charge in [0.2, 0.25) is 5.91 Å². The lowest BCUT2D eigenvalue weighted by atomic mass is 9.98. The first-order valence-electron chi connectivity index (χ1n) is 5.27. The fourth-order valence-corrected chi connectivity index (χ4v) is 1.83. The average Bonchev–Trinajstić information content (AvgIpc) is 2.58. The van der Waals surface area contributed by atoms with Crippen molar-refractivity contribution in [2.75, 3.05) is 25.5 Å². The zero-order valence-electron chi connectivity index (χ0n) is 8.68. The van der Waals surface area contributed by atoms with Gasteiger partial charge >= 0.3 is 0 Å². The third-order valence-corrected chi connectivity index (χ3v) is 3.04. The molecule has 0 aliphatic carbocycles. The summed E-state index contributed by atoms with van der Waals surface area (Å²) in [4.78, 5) is 11.3. The minimum atomic E-state index is 0.129. The molecule has 1 heterocycles. The maximum atomic E-state index is 11.3. The van der Waals surface area contributed by atoms with Gasteiger partial charge in [-0.15, -0.1) is 11.6 Å². The van der Waals surface area contributed by atoms with Crippen molar-refractivity contribution in [1.29, 1.82) is 0 Å². The molecule has 0 spiro atoms. The standard InChI is InChI=1S/C10H19ClN2O/c1-8-5-12-6-9(8)7-13-10(14)3-2-4-11/h8-9,12H,2-7H2,1H3,(H,13,14)/t8-,9+/m1/s1. The summed E-state index contributed by atoms with van der Waals surface area (Å²) in [7, 11) is 0. The molecule has 1 amide bonds. The van der Waals surface area contributed by atoms with E-state index >= 15 is 0 Å². The van der Waals surface area contributed by atoms with Gasteiger partial charge in [0.15, 0.2) is 0 Å². The summed E-state index contributed by atoms with van der Waals surface area (Å²) in [5, 5.41) is 6.27. The Hall–Kier alpha value is -0.280. The molecule has 1 aliphatic rings. The maximum absolute atomic E-state index is 11.3. The molecule has 3 nitrogen and oxygen atoms in total. The largest absolute Gasteiger partial charge is 0.356 e. The van der Waals surface area contributed by atoms with E-state index < -0.39 is 0 Å². The SMILES string of the molecule is C[C@@H]1CNC[C@H]1CNC(=O)CCCCl. The number of nitrogens with one attached hydrogen (secondary N) is 2. The van der Waals surface area contributed by atoms with Crippen LogP contribution < -0.4 is 10.6 Å². The van der Waals surface area contributed by atoms with Gasteiger partial charge in [0.05, 0.1) is 0 Å². The molecule has 14 heavy (non-hydrogen) atoms. The van der Waals surface area contributed by atoms with Gasteiger partial charge < -0.3 is 10.6 Å². The van der Waals surface area contributed by atoms with E-state index in [0.717, 1.165) is 26.1 Å². The smallest absolute Gasteiger partial charge is 0.220 e. The molecule has 0 unspecified atom stereocenters. The zero-order valence-corrected chi connectivity index (χ0v) is 9.44. The highest BCUT2D eigenvalue weighted by atomic mass is 35.5. The van der Waals surface area contributed by atoms with Gasteiger partial charge in [-0.05, 0) is 31.3 Å². The predicted molar refractivity (Wildman–Crippen MR) is 58.5 cm³/mol. The number of amides is 1. The van der Waals surface area contributed by atoms with Crippen LogP contribution in [0.1, 0.15) is 19.8 Å². The third-order valence-electron chi connectivity index (χ3n) is 2.78. The highest BCUT2D eigenvalue weighted by Crippen LogP contribution is 2.14. The Labute approximate surface area is 90.6 Å². The summed E-state index contributed by atoms with van der Waals surface area (Å²) in [6.45, 7) is 5.12. The van der Waals surface area contributed by atoms with Crippen molar-refractivity contribution < 1.29 is 4.79 Å². The Bertz CT molecular complexity index is 187. The number of carbonyl (C=O) groups excluding carboxylic acids is 1. The second kappa shape index (κ2) is 6.25. The monoisotopic (exact) mass is 218 g/mol. The average molecular weight is 219 g/mol. The van der Waals surface area contributed by atoms with Crippen molar-refractivity contribution in [3.05, 3.63) is 0 Å². The second-order valence-electron chi connectivity index (χ2n) is 3.99. The number of hydrogen-bond acceptors (Lipinski definition) is 2. The van der Waals surface area contributed by atoms with Crippen LogP contribution in [0.15, 0.2) is 0 Å². The predicted octanol–water partition coefficient (Wildman–Crippen LogP) is 0.977. The van der Waals surface area contributed by atoms with Gasteiger partial charge in [0.25, 0.3) is 0 Å². The third kappa shape index (κ3) is 3.84. The molecule has 0 aromatic rings. The van der Waals surface area contributed by atoms with Crippen LogP contribution in [0.4, 0.5) is 0 Å². The molecule has 2 N–H and O–H groups in total. The van der Waals surface area contributed by atoms with E-state index in [1.165, 1.54) is 0 Å². The van der Waals surface area contributed by atoms with Crippen molar-refractivity contribution >= 4 is 17.5 Å². The fourth-order valence-electron chi connectivity index (χ4n) is 1.70. The van der Waals surface area contributed by atoms with Crippen molar-refractivity contribution in [3.8, 4) is 0 Å². The minimum Gasteiger partial charge on any atom is -0.356 e. The second-order valence-corrected chi connectivity index (χ2v) is 4.37. The molecule has 82 valence electrons. The first kappa shape index (κ1) is 11.8. The van der Waals surface area contributed by atoms with Crippen LogP contribution in [0.2, 0.25) is 0 Å². The van der Waals surface area contributed by atoms with Gasteiger partial charge in [-0.1, -0.05) is 6.92 Å². The molecule has 1 saturated heterocycles. The highest BCUT2D eigenvalue weighted by molar-refractivity contribution is 6.17. The molecule has 0 saturated carbocycles. The highest BCUT2D eigenvalue weighted by Gasteiger charge is 2.22. The van der Waals surface area contributed by atoms with Crippen LogP contribution in [0, 0.1) is 11.8 Å². The quantitative estimate of drug-likeness (QED) is 0.676. The number of hydrogen-bond donors (Lipinski definition) is 2. The number of rotatable bonds is 5. The number of halogens is 1. The lowest BCUT2D eigenvalue weighted by molar-refractivity contribution is -0.121. The first-order valence-corrected chi connectivity index (χ1v) is 5.81. The molecule has 1 aliphatic heterocycles. The van der Waals surface area contributed by atoms with E-state index in [1.54, 1.807) is 0 Å². The molecular weight excluding hydrogens is 200 g/mol. The van der Waals surface area contributed by atoms with Gasteiger partial charge in [0, 0.05) is 18.8 Å². The zero-order chi connectivity index (χ0) is 10.4. The van der Waals surface area contributed by atoms with Crippen LogP contribution >= 0.6 is 11.6 Å². The van der Waals surface area contributed by atoms with Crippen molar-refractivity contribution in [3.63, 3.8) is 0 Å². The van der Waals surface area contributed by atoms with Crippen LogP contribution in [0.5, 0.6) is 0 Å². The van der Waals surface area contributed by atoms with Crippen LogP contribution in [0.25, 0.3) is 0 Å². The Balaban J connectivity index is 2.10. The summed E-state index contributed by atoms with van der Waals surface area (Å²) in [6, 6.07) is 0. The Morgan fingerprint density at radius 2 is 2.36 bits per heavy atom. The molecule has 1 fully saturated rings. The summed E-state index contributed by atoms with van der Waals surface area (Å²) in [5.41, 5.74) is 0. The summed E-state index contributed by atoms with van der Waals surface area (Å²) in [6.07, 6.45) is 1.32. The Kier molecular flexibility index (Phi) is 5.26. The molecule has 4 heteroatoms. The van der Waals surface area contributed by atoms with Crippen LogP contribution in [-0.4, -0.2) is 31.4 Å². The van der Waals surface area contributed by atoms with Crippen LogP contribution in [-0.2, 0) is 4.79 Å². The van der Waals surface area contributed by atoms with E-state index in [9.17, 15) is 4.79 Å². The van der Waals surface area contributed by atoms with E-state index in [0.29, 0.717) is 24.1 Å². The maximum Gasteiger partial charge on any atom is 0.220 e. The van der Waals surface area contributed by atoms with Crippen molar-refractivity contribution in [1.82, 2.24) is 10.6 Å². The van der Waals surface area contributed by atoms with E-state index in [1.807, 2.05) is 0 Å². The minimum absolute atomic E-state index is 0.129. The Morgan fingerprint density at radius 3 is 2.93 bits per heavy atom. The van der Waals surface area contributed by atoms with Gasteiger partial charge in [-0.25, -0.2) is 0 Å². The molecule has 0 bridgehead atoms. The molecule has 0 aromatic carbocycles. The summed E-state index contributed by atoms with van der Waals surface area (Å²) < 4.78 is 0. The number of alkyl halides is 1. The van der Waals surface area contributed by atoms with E-state index in [-0.39, 0.29) is 5.91 Å². The van der Waals surface area contributed by atoms with Gasteiger partial charge in [-0.3, -0.25) is 4.79 Å². The van der Waals surface area contributed by atoms with E-state index in [2.05, 4.69) is 17.6 Å². The molecule has 0 aromatic heterocycles. The van der Waals surface area contributed by atoms with Gasteiger partial charge in [-0.2, -0.15) is 0 Å². The molecule has 2 atom stereocenters. The lowest BCUT2D eigenvalue weighted by Crippen LogP contribution is -2.31. The summed E-state index contributed by atoms with van der Waals surface area (Å²) in [5.74, 6) is 1.96. The van der Waals surface area contributed by atoms with E-state index in [4.69, 9.17) is 11.6 Å². The normalized spacial score (nSPS) is 26.4. The number of carbonyl (C=O) groups is 1.